The molecule has 5 nitrogen and oxygen atoms in total. The Morgan fingerprint density at radius 2 is 2.06 bits per heavy atom. The lowest BCUT2D eigenvalue weighted by Gasteiger charge is -2.07. The van der Waals surface area contributed by atoms with Crippen LogP contribution in [0.3, 0.4) is 0 Å². The maximum Gasteiger partial charge on any atom is 0.233 e. The lowest BCUT2D eigenvalue weighted by atomic mass is 10.2. The van der Waals surface area contributed by atoms with Crippen molar-refractivity contribution in [3.8, 4) is 5.88 Å². The van der Waals surface area contributed by atoms with Crippen LogP contribution in [0.4, 0.5) is 0 Å². The van der Waals surface area contributed by atoms with Crippen molar-refractivity contribution in [3.05, 3.63) is 17.8 Å². The number of hydrogen-bond acceptors (Lipinski definition) is 5. The number of aromatic nitrogens is 2. The molecule has 1 aromatic rings. The molecule has 0 unspecified atom stereocenters. The van der Waals surface area contributed by atoms with E-state index >= 15 is 0 Å². The summed E-state index contributed by atoms with van der Waals surface area (Å²) in [5, 5.41) is 7.76. The minimum atomic E-state index is 0.394. The molecule has 5 heteroatoms. The lowest BCUT2D eigenvalue weighted by molar-refractivity contribution is 0.0803. The maximum atomic E-state index is 5.40. The van der Waals surface area contributed by atoms with E-state index in [1.807, 2.05) is 0 Å². The van der Waals surface area contributed by atoms with Gasteiger partial charge in [-0.3, -0.25) is 0 Å². The zero-order valence-corrected chi connectivity index (χ0v) is 9.85. The topological polar surface area (TPSA) is 70.3 Å². The summed E-state index contributed by atoms with van der Waals surface area (Å²) in [6.07, 6.45) is 0. The molecule has 2 N–H and O–H groups in total. The Balaban J connectivity index is 2.16. The molecule has 0 bridgehead atoms. The van der Waals surface area contributed by atoms with Gasteiger partial charge in [0.05, 0.1) is 12.3 Å². The van der Waals surface area contributed by atoms with E-state index in [0.717, 1.165) is 12.3 Å². The van der Waals surface area contributed by atoms with Gasteiger partial charge in [-0.05, 0) is 12.0 Å². The van der Waals surface area contributed by atoms with Crippen LogP contribution in [0.15, 0.2) is 12.1 Å². The van der Waals surface area contributed by atoms with Crippen LogP contribution in [0.2, 0.25) is 0 Å². The normalized spacial score (nSPS) is 10.8. The summed E-state index contributed by atoms with van der Waals surface area (Å²) in [6, 6.07) is 3.56. The van der Waals surface area contributed by atoms with Crippen LogP contribution < -0.4 is 10.5 Å². The number of hydrogen-bond donors (Lipinski definition) is 1. The molecule has 0 aliphatic carbocycles. The highest BCUT2D eigenvalue weighted by molar-refractivity contribution is 5.11. The molecule has 0 radical (unpaired) electrons. The Morgan fingerprint density at radius 3 is 2.62 bits per heavy atom. The van der Waals surface area contributed by atoms with E-state index in [9.17, 15) is 0 Å². The SMILES string of the molecule is CC(C)COCCOc1ccc(CN)nn1. The van der Waals surface area contributed by atoms with Crippen LogP contribution in [-0.4, -0.2) is 30.0 Å². The van der Waals surface area contributed by atoms with Gasteiger partial charge in [0, 0.05) is 19.2 Å². The van der Waals surface area contributed by atoms with Gasteiger partial charge in [-0.1, -0.05) is 13.8 Å². The van der Waals surface area contributed by atoms with Gasteiger partial charge in [-0.25, -0.2) is 0 Å². The Labute approximate surface area is 96.0 Å². The summed E-state index contributed by atoms with van der Waals surface area (Å²) < 4.78 is 10.7. The first kappa shape index (κ1) is 12.9. The van der Waals surface area contributed by atoms with Crippen LogP contribution >= 0.6 is 0 Å². The van der Waals surface area contributed by atoms with Gasteiger partial charge in [-0.2, -0.15) is 5.10 Å². The van der Waals surface area contributed by atoms with Gasteiger partial charge in [-0.15, -0.1) is 5.10 Å². The van der Waals surface area contributed by atoms with Crippen LogP contribution in [0.5, 0.6) is 5.88 Å². The van der Waals surface area contributed by atoms with Gasteiger partial charge in [0.25, 0.3) is 0 Å². The van der Waals surface area contributed by atoms with E-state index in [1.54, 1.807) is 12.1 Å². The lowest BCUT2D eigenvalue weighted by Crippen LogP contribution is -2.11. The highest BCUT2D eigenvalue weighted by Crippen LogP contribution is 2.04. The Morgan fingerprint density at radius 1 is 1.25 bits per heavy atom. The number of nitrogens with two attached hydrogens (primary N) is 1. The zero-order valence-electron chi connectivity index (χ0n) is 9.85. The second kappa shape index (κ2) is 7.14. The van der Waals surface area contributed by atoms with Crippen molar-refractivity contribution in [2.75, 3.05) is 19.8 Å². The third kappa shape index (κ3) is 5.04. The highest BCUT2D eigenvalue weighted by atomic mass is 16.5. The van der Waals surface area contributed by atoms with Gasteiger partial charge in [0.1, 0.15) is 6.61 Å². The van der Waals surface area contributed by atoms with Crippen molar-refractivity contribution in [2.45, 2.75) is 20.4 Å². The quantitative estimate of drug-likeness (QED) is 0.701. The standard InChI is InChI=1S/C11H19N3O2/c1-9(2)8-15-5-6-16-11-4-3-10(7-12)13-14-11/h3-4,9H,5-8,12H2,1-2H3. The van der Waals surface area contributed by atoms with Gasteiger partial charge in [0.2, 0.25) is 5.88 Å². The molecular weight excluding hydrogens is 206 g/mol. The predicted octanol–water partition coefficient (Wildman–Crippen LogP) is 0.987. The molecule has 1 rings (SSSR count). The average Bonchev–Trinajstić information content (AvgIpc) is 2.29. The van der Waals surface area contributed by atoms with E-state index in [1.165, 1.54) is 0 Å². The Hall–Kier alpha value is -1.20. The van der Waals surface area contributed by atoms with E-state index in [-0.39, 0.29) is 0 Å². The van der Waals surface area contributed by atoms with Crippen molar-refractivity contribution in [1.29, 1.82) is 0 Å². The molecule has 0 aliphatic rings. The van der Waals surface area contributed by atoms with Crippen LogP contribution in [0.25, 0.3) is 0 Å². The fourth-order valence-corrected chi connectivity index (χ4v) is 1.06. The summed E-state index contributed by atoms with van der Waals surface area (Å²) in [4.78, 5) is 0. The minimum Gasteiger partial charge on any atom is -0.474 e. The molecule has 90 valence electrons. The molecule has 0 amide bonds. The van der Waals surface area contributed by atoms with E-state index in [4.69, 9.17) is 15.2 Å². The molecule has 1 heterocycles. The number of rotatable bonds is 7. The second-order valence-electron chi connectivity index (χ2n) is 3.88. The van der Waals surface area contributed by atoms with Crippen molar-refractivity contribution >= 4 is 0 Å². The summed E-state index contributed by atoms with van der Waals surface area (Å²) in [7, 11) is 0. The summed E-state index contributed by atoms with van der Waals surface area (Å²) in [6.45, 7) is 6.42. The third-order valence-corrected chi connectivity index (χ3v) is 1.83. The number of ether oxygens (including phenoxy) is 2. The van der Waals surface area contributed by atoms with Gasteiger partial charge in [0.15, 0.2) is 0 Å². The predicted molar refractivity (Wildman–Crippen MR) is 61.1 cm³/mol. The van der Waals surface area contributed by atoms with E-state index in [2.05, 4.69) is 24.0 Å². The molecule has 0 saturated heterocycles. The van der Waals surface area contributed by atoms with Crippen LogP contribution in [0.1, 0.15) is 19.5 Å². The monoisotopic (exact) mass is 225 g/mol. The van der Waals surface area contributed by atoms with E-state index < -0.39 is 0 Å². The number of nitrogens with zero attached hydrogens (tertiary/aromatic N) is 2. The Kier molecular flexibility index (Phi) is 5.74. The smallest absolute Gasteiger partial charge is 0.233 e. The molecule has 1 aromatic heterocycles. The molecule has 0 atom stereocenters. The summed E-state index contributed by atoms with van der Waals surface area (Å²) in [5.74, 6) is 1.05. The molecular formula is C11H19N3O2. The fraction of sp³-hybridized carbons (Fsp3) is 0.636. The Bertz CT molecular complexity index is 288. The zero-order chi connectivity index (χ0) is 11.8. The van der Waals surface area contributed by atoms with Crippen molar-refractivity contribution in [3.63, 3.8) is 0 Å². The molecule has 0 aliphatic heterocycles. The first-order chi connectivity index (χ1) is 7.72. The van der Waals surface area contributed by atoms with E-state index in [0.29, 0.717) is 31.6 Å². The molecule has 0 aromatic carbocycles. The highest BCUT2D eigenvalue weighted by Gasteiger charge is 1.98. The third-order valence-electron chi connectivity index (χ3n) is 1.83. The van der Waals surface area contributed by atoms with Crippen LogP contribution in [-0.2, 0) is 11.3 Å². The first-order valence-electron chi connectivity index (χ1n) is 5.45. The van der Waals surface area contributed by atoms with Gasteiger partial charge < -0.3 is 15.2 Å². The fourth-order valence-electron chi connectivity index (χ4n) is 1.06. The molecule has 0 saturated carbocycles. The summed E-state index contributed by atoms with van der Waals surface area (Å²) in [5.41, 5.74) is 6.16. The molecule has 0 spiro atoms. The van der Waals surface area contributed by atoms with Crippen molar-refractivity contribution < 1.29 is 9.47 Å². The average molecular weight is 225 g/mol. The minimum absolute atomic E-state index is 0.394. The molecule has 16 heavy (non-hydrogen) atoms. The largest absolute Gasteiger partial charge is 0.474 e. The van der Waals surface area contributed by atoms with Gasteiger partial charge >= 0.3 is 0 Å². The first-order valence-corrected chi connectivity index (χ1v) is 5.45. The van der Waals surface area contributed by atoms with Crippen molar-refractivity contribution in [1.82, 2.24) is 10.2 Å². The summed E-state index contributed by atoms with van der Waals surface area (Å²) >= 11 is 0. The van der Waals surface area contributed by atoms with Crippen molar-refractivity contribution in [2.24, 2.45) is 11.7 Å². The van der Waals surface area contributed by atoms with Crippen LogP contribution in [0, 0.1) is 5.92 Å². The maximum absolute atomic E-state index is 5.40. The second-order valence-corrected chi connectivity index (χ2v) is 3.88. The molecule has 0 fully saturated rings.